The summed E-state index contributed by atoms with van der Waals surface area (Å²) in [5.74, 6) is -0.131. The third kappa shape index (κ3) is 3.79. The Labute approximate surface area is 119 Å². The number of hydrogen-bond acceptors (Lipinski definition) is 4. The molecule has 1 aliphatic heterocycles. The Kier molecular flexibility index (Phi) is 5.11. The zero-order chi connectivity index (χ0) is 14.5. The van der Waals surface area contributed by atoms with Crippen LogP contribution in [-0.4, -0.2) is 55.4 Å². The van der Waals surface area contributed by atoms with Crippen molar-refractivity contribution in [1.82, 2.24) is 10.2 Å². The molecular formula is C15H22N2O3. The van der Waals surface area contributed by atoms with Gasteiger partial charge in [-0.25, -0.2) is 0 Å². The third-order valence-electron chi connectivity index (χ3n) is 3.39. The van der Waals surface area contributed by atoms with E-state index in [1.165, 1.54) is 0 Å². The number of carbonyl (C=O) groups excluding carboxylic acids is 1. The second-order valence-corrected chi connectivity index (χ2v) is 5.41. The van der Waals surface area contributed by atoms with E-state index in [2.05, 4.69) is 5.32 Å². The van der Waals surface area contributed by atoms with Crippen LogP contribution in [0.3, 0.4) is 0 Å². The molecule has 1 fully saturated rings. The van der Waals surface area contributed by atoms with E-state index in [-0.39, 0.29) is 18.6 Å². The predicted octanol–water partition coefficient (Wildman–Crippen LogP) is 0.628. The highest BCUT2D eigenvalue weighted by atomic mass is 16.5. The second kappa shape index (κ2) is 6.83. The van der Waals surface area contributed by atoms with Gasteiger partial charge in [0.25, 0.3) is 5.91 Å². The van der Waals surface area contributed by atoms with E-state index in [1.54, 1.807) is 0 Å². The molecule has 1 aliphatic rings. The Bertz CT molecular complexity index is 462. The molecule has 1 saturated heterocycles. The maximum Gasteiger partial charge on any atom is 0.251 e. The Morgan fingerprint density at radius 1 is 1.45 bits per heavy atom. The molecule has 0 saturated carbocycles. The summed E-state index contributed by atoms with van der Waals surface area (Å²) < 4.78 is 5.17. The molecule has 2 atom stereocenters. The van der Waals surface area contributed by atoms with Crippen LogP contribution in [0.2, 0.25) is 0 Å². The van der Waals surface area contributed by atoms with Crippen molar-refractivity contribution >= 4 is 5.91 Å². The second-order valence-electron chi connectivity index (χ2n) is 5.41. The normalized spacial score (nSPS) is 22.8. The van der Waals surface area contributed by atoms with Gasteiger partial charge < -0.3 is 20.1 Å². The fourth-order valence-corrected chi connectivity index (χ4v) is 2.36. The van der Waals surface area contributed by atoms with Crippen molar-refractivity contribution in [3.8, 4) is 0 Å². The molecule has 1 aromatic rings. The summed E-state index contributed by atoms with van der Waals surface area (Å²) in [5.41, 5.74) is 1.65. The molecule has 0 unspecified atom stereocenters. The van der Waals surface area contributed by atoms with Gasteiger partial charge in [0, 0.05) is 18.7 Å². The van der Waals surface area contributed by atoms with E-state index in [4.69, 9.17) is 4.74 Å². The lowest BCUT2D eigenvalue weighted by Gasteiger charge is -2.28. The topological polar surface area (TPSA) is 61.8 Å². The smallest absolute Gasteiger partial charge is 0.251 e. The number of rotatable bonds is 4. The summed E-state index contributed by atoms with van der Waals surface area (Å²) >= 11 is 0. The number of aliphatic hydroxyl groups is 1. The number of hydrogen-bond donors (Lipinski definition) is 2. The molecule has 1 amide bonds. The fourth-order valence-electron chi connectivity index (χ4n) is 2.36. The number of aliphatic hydroxyl groups excluding tert-OH is 1. The van der Waals surface area contributed by atoms with Gasteiger partial charge in [0.2, 0.25) is 0 Å². The lowest BCUT2D eigenvalue weighted by Crippen LogP contribution is -2.48. The van der Waals surface area contributed by atoms with Crippen molar-refractivity contribution in [1.29, 1.82) is 0 Å². The van der Waals surface area contributed by atoms with Crippen molar-refractivity contribution < 1.29 is 14.6 Å². The Hall–Kier alpha value is -1.43. The summed E-state index contributed by atoms with van der Waals surface area (Å²) in [5, 5.41) is 12.7. The van der Waals surface area contributed by atoms with Gasteiger partial charge >= 0.3 is 0 Å². The number of ether oxygens (including phenoxy) is 1. The van der Waals surface area contributed by atoms with Crippen LogP contribution in [-0.2, 0) is 11.3 Å². The number of benzene rings is 1. The minimum atomic E-state index is -0.631. The maximum absolute atomic E-state index is 12.4. The average Bonchev–Trinajstić information content (AvgIpc) is 2.41. The van der Waals surface area contributed by atoms with Crippen LogP contribution in [0.4, 0.5) is 0 Å². The molecule has 0 spiro atoms. The summed E-state index contributed by atoms with van der Waals surface area (Å²) in [6, 6.07) is 7.33. The lowest BCUT2D eigenvalue weighted by atomic mass is 10.0. The summed E-state index contributed by atoms with van der Waals surface area (Å²) in [4.78, 5) is 14.4. The minimum Gasteiger partial charge on any atom is -0.389 e. The zero-order valence-electron chi connectivity index (χ0n) is 12.0. The summed E-state index contributed by atoms with van der Waals surface area (Å²) in [6.07, 6.45) is 0.0108. The molecule has 0 aliphatic carbocycles. The number of nitrogens with one attached hydrogen (secondary N) is 1. The Morgan fingerprint density at radius 3 is 2.90 bits per heavy atom. The van der Waals surface area contributed by atoms with E-state index < -0.39 is 6.10 Å². The van der Waals surface area contributed by atoms with Gasteiger partial charge in [-0.3, -0.25) is 4.79 Å². The first-order chi connectivity index (χ1) is 9.58. The quantitative estimate of drug-likeness (QED) is 0.848. The SMILES string of the molecule is CN(C)Cc1ccccc1C(=O)N[C@@H]1CCOC[C@H]1O. The highest BCUT2D eigenvalue weighted by molar-refractivity contribution is 5.95. The monoisotopic (exact) mass is 278 g/mol. The summed E-state index contributed by atoms with van der Waals surface area (Å²) in [7, 11) is 3.94. The largest absolute Gasteiger partial charge is 0.389 e. The third-order valence-corrected chi connectivity index (χ3v) is 3.39. The van der Waals surface area contributed by atoms with Crippen LogP contribution in [0.5, 0.6) is 0 Å². The van der Waals surface area contributed by atoms with Crippen molar-refractivity contribution in [3.05, 3.63) is 35.4 Å². The molecule has 0 bridgehead atoms. The standard InChI is InChI=1S/C15H22N2O3/c1-17(2)9-11-5-3-4-6-12(11)15(19)16-13-7-8-20-10-14(13)18/h3-6,13-14,18H,7-10H2,1-2H3,(H,16,19)/t13-,14-/m1/s1. The molecule has 0 aromatic heterocycles. The maximum atomic E-state index is 12.4. The van der Waals surface area contributed by atoms with Crippen molar-refractivity contribution in [2.24, 2.45) is 0 Å². The first-order valence-corrected chi connectivity index (χ1v) is 6.87. The van der Waals surface area contributed by atoms with Gasteiger partial charge in [-0.2, -0.15) is 0 Å². The zero-order valence-corrected chi connectivity index (χ0v) is 12.0. The molecule has 2 rings (SSSR count). The van der Waals surface area contributed by atoms with Gasteiger partial charge in [-0.05, 0) is 32.1 Å². The Morgan fingerprint density at radius 2 is 2.20 bits per heavy atom. The van der Waals surface area contributed by atoms with Crippen LogP contribution < -0.4 is 5.32 Å². The first-order valence-electron chi connectivity index (χ1n) is 6.87. The van der Waals surface area contributed by atoms with Crippen LogP contribution in [0.1, 0.15) is 22.3 Å². The fraction of sp³-hybridized carbons (Fsp3) is 0.533. The highest BCUT2D eigenvalue weighted by Gasteiger charge is 2.26. The van der Waals surface area contributed by atoms with Crippen LogP contribution >= 0.6 is 0 Å². The van der Waals surface area contributed by atoms with Gasteiger partial charge in [0.05, 0.1) is 18.8 Å². The van der Waals surface area contributed by atoms with Gasteiger partial charge in [-0.15, -0.1) is 0 Å². The molecule has 5 nitrogen and oxygen atoms in total. The van der Waals surface area contributed by atoms with Crippen LogP contribution in [0.15, 0.2) is 24.3 Å². The number of nitrogens with zero attached hydrogens (tertiary/aromatic N) is 1. The van der Waals surface area contributed by atoms with E-state index in [0.29, 0.717) is 25.1 Å². The molecule has 110 valence electrons. The number of carbonyl (C=O) groups is 1. The Balaban J connectivity index is 2.08. The predicted molar refractivity (Wildman–Crippen MR) is 76.5 cm³/mol. The van der Waals surface area contributed by atoms with Gasteiger partial charge in [-0.1, -0.05) is 18.2 Å². The number of amides is 1. The molecule has 1 aromatic carbocycles. The molecule has 1 heterocycles. The van der Waals surface area contributed by atoms with Crippen molar-refractivity contribution in [2.45, 2.75) is 25.1 Å². The molecule has 5 heteroatoms. The van der Waals surface area contributed by atoms with E-state index in [9.17, 15) is 9.90 Å². The van der Waals surface area contributed by atoms with E-state index >= 15 is 0 Å². The lowest BCUT2D eigenvalue weighted by molar-refractivity contribution is -0.0261. The van der Waals surface area contributed by atoms with Gasteiger partial charge in [0.15, 0.2) is 0 Å². The highest BCUT2D eigenvalue weighted by Crippen LogP contribution is 2.13. The van der Waals surface area contributed by atoms with E-state index in [0.717, 1.165) is 5.56 Å². The van der Waals surface area contributed by atoms with Crippen molar-refractivity contribution in [3.63, 3.8) is 0 Å². The molecule has 20 heavy (non-hydrogen) atoms. The van der Waals surface area contributed by atoms with Crippen molar-refractivity contribution in [2.75, 3.05) is 27.3 Å². The molecule has 0 radical (unpaired) electrons. The summed E-state index contributed by atoms with van der Waals surface area (Å²) in [6.45, 7) is 1.56. The average molecular weight is 278 g/mol. The van der Waals surface area contributed by atoms with Crippen LogP contribution in [0, 0.1) is 0 Å². The van der Waals surface area contributed by atoms with E-state index in [1.807, 2.05) is 43.3 Å². The van der Waals surface area contributed by atoms with Crippen LogP contribution in [0.25, 0.3) is 0 Å². The first kappa shape index (κ1) is 15.0. The minimum absolute atomic E-state index is 0.131. The van der Waals surface area contributed by atoms with Gasteiger partial charge in [0.1, 0.15) is 0 Å². The molecular weight excluding hydrogens is 256 g/mol. The molecule has 2 N–H and O–H groups in total.